The summed E-state index contributed by atoms with van der Waals surface area (Å²) in [6.45, 7) is -3.13. The predicted molar refractivity (Wildman–Crippen MR) is 106 cm³/mol. The Balaban J connectivity index is 1.98. The summed E-state index contributed by atoms with van der Waals surface area (Å²) in [7, 11) is 0. The number of halogens is 3. The average Bonchev–Trinajstić information content (AvgIpc) is 3.03. The largest absolute Gasteiger partial charge is 0.298 e. The number of amides is 4. The molecule has 0 aliphatic carbocycles. The Morgan fingerprint density at radius 3 is 2.03 bits per heavy atom. The molecule has 0 spiro atoms. The third-order valence-electron chi connectivity index (χ3n) is 5.34. The molecule has 1 aromatic rings. The number of benzene rings is 1. The summed E-state index contributed by atoms with van der Waals surface area (Å²) in [6, 6.07) is -1.70. The molecule has 3 heterocycles. The maximum Gasteiger partial charge on any atom is 0.265 e. The van der Waals surface area contributed by atoms with Crippen molar-refractivity contribution >= 4 is 23.6 Å². The van der Waals surface area contributed by atoms with Gasteiger partial charge in [-0.3, -0.25) is 34.3 Å². The van der Waals surface area contributed by atoms with Crippen LogP contribution in [0.4, 0.5) is 13.2 Å². The van der Waals surface area contributed by atoms with Gasteiger partial charge in [-0.1, -0.05) is 0 Å². The van der Waals surface area contributed by atoms with Crippen molar-refractivity contribution in [3.63, 3.8) is 0 Å². The lowest BCUT2D eigenvalue weighted by Crippen LogP contribution is -2.54. The standard InChI is InChI=1S/C22H24F3N3O4/c1-22(2,3)27-8-6-10(7-9-27)13-16(23)14-15(18(25)17(13)24)21(32)28(20(14)31)11-4-5-12(29)26-19(11)30/h10-11H,4-9H2,1-3H3,(H,26,29,30)/t11-/m0/s1/i6D2,7D2,8D2,9D2. The van der Waals surface area contributed by atoms with Crippen LogP contribution in [0.3, 0.4) is 0 Å². The molecule has 0 unspecified atom stereocenters. The highest BCUT2D eigenvalue weighted by Crippen LogP contribution is 2.40. The number of hydrogen-bond donors (Lipinski definition) is 1. The van der Waals surface area contributed by atoms with E-state index in [-0.39, 0.29) is 16.2 Å². The molecule has 2 saturated heterocycles. The van der Waals surface area contributed by atoms with Crippen LogP contribution in [0, 0.1) is 17.5 Å². The molecule has 7 nitrogen and oxygen atoms in total. The Morgan fingerprint density at radius 2 is 1.50 bits per heavy atom. The number of carbonyl (C=O) groups is 4. The lowest BCUT2D eigenvalue weighted by molar-refractivity contribution is -0.136. The van der Waals surface area contributed by atoms with Gasteiger partial charge in [0.15, 0.2) is 11.6 Å². The zero-order chi connectivity index (χ0) is 30.7. The fourth-order valence-corrected chi connectivity index (χ4v) is 3.68. The number of likely N-dealkylation sites (tertiary alicyclic amines) is 1. The number of hydrogen-bond acceptors (Lipinski definition) is 5. The molecule has 0 saturated carbocycles. The van der Waals surface area contributed by atoms with Crippen molar-refractivity contribution in [3.8, 4) is 0 Å². The Labute approximate surface area is 194 Å². The molecule has 1 N–H and O–H groups in total. The lowest BCUT2D eigenvalue weighted by atomic mass is 9.85. The number of nitrogens with one attached hydrogen (secondary N) is 1. The molecule has 172 valence electrons. The van der Waals surface area contributed by atoms with Crippen LogP contribution >= 0.6 is 0 Å². The fourth-order valence-electron chi connectivity index (χ4n) is 3.68. The SMILES string of the molecule is [2H]C1([2H])C(c2c(F)c(F)c3c(c2F)C(=O)N([C@H]2CCC(=O)NC2=O)C3=O)C([2H])([2H])C([2H])([2H])N(C(C)(C)C)C1([2H])[2H]. The molecule has 0 radical (unpaired) electrons. The molecule has 2 fully saturated rings. The van der Waals surface area contributed by atoms with Gasteiger partial charge in [-0.25, -0.2) is 13.2 Å². The summed E-state index contributed by atoms with van der Waals surface area (Å²) < 4.78 is 115. The summed E-state index contributed by atoms with van der Waals surface area (Å²) in [5.41, 5.74) is -6.29. The van der Waals surface area contributed by atoms with Crippen molar-refractivity contribution < 1.29 is 43.3 Å². The van der Waals surface area contributed by atoms with E-state index in [0.717, 1.165) is 0 Å². The molecule has 4 rings (SSSR count). The van der Waals surface area contributed by atoms with Crippen LogP contribution in [0.25, 0.3) is 0 Å². The summed E-state index contributed by atoms with van der Waals surface area (Å²) in [6.07, 6.45) is -8.07. The van der Waals surface area contributed by atoms with Crippen molar-refractivity contribution in [2.45, 2.75) is 63.9 Å². The van der Waals surface area contributed by atoms with Gasteiger partial charge in [-0.05, 0) is 58.8 Å². The molecule has 1 atom stereocenters. The zero-order valence-corrected chi connectivity index (χ0v) is 17.2. The van der Waals surface area contributed by atoms with Crippen LogP contribution in [0.15, 0.2) is 0 Å². The van der Waals surface area contributed by atoms with Crippen LogP contribution in [0.5, 0.6) is 0 Å². The normalized spacial score (nSPS) is 33.1. The summed E-state index contributed by atoms with van der Waals surface area (Å²) >= 11 is 0. The van der Waals surface area contributed by atoms with Crippen LogP contribution in [0.1, 0.15) is 89.5 Å². The first-order valence-electron chi connectivity index (χ1n) is 13.7. The first kappa shape index (κ1) is 14.4. The smallest absolute Gasteiger partial charge is 0.265 e. The van der Waals surface area contributed by atoms with E-state index in [1.807, 2.05) is 5.32 Å². The van der Waals surface area contributed by atoms with Crippen LogP contribution in [-0.4, -0.2) is 58.0 Å². The minimum atomic E-state index is -3.66. The Kier molecular flexibility index (Phi) is 3.46. The lowest BCUT2D eigenvalue weighted by Gasteiger charge is -2.41. The van der Waals surface area contributed by atoms with E-state index < -0.39 is 107 Å². The van der Waals surface area contributed by atoms with Gasteiger partial charge >= 0.3 is 0 Å². The third-order valence-corrected chi connectivity index (χ3v) is 5.34. The number of piperidine rings is 2. The third kappa shape index (κ3) is 3.41. The molecular weight excluding hydrogens is 427 g/mol. The van der Waals surface area contributed by atoms with E-state index in [1.165, 1.54) is 20.8 Å². The van der Waals surface area contributed by atoms with Gasteiger partial charge in [0, 0.05) is 28.5 Å². The van der Waals surface area contributed by atoms with E-state index in [4.69, 9.17) is 11.0 Å². The Hall–Kier alpha value is -2.75. The second-order valence-electron chi connectivity index (χ2n) is 8.50. The summed E-state index contributed by atoms with van der Waals surface area (Å²) in [5.74, 6) is -14.8. The highest BCUT2D eigenvalue weighted by molar-refractivity contribution is 6.23. The molecule has 1 aromatic carbocycles. The molecular formula is C22H24F3N3O4. The van der Waals surface area contributed by atoms with Gasteiger partial charge in [-0.2, -0.15) is 0 Å². The van der Waals surface area contributed by atoms with E-state index in [9.17, 15) is 19.2 Å². The quantitative estimate of drug-likeness (QED) is 0.543. The predicted octanol–water partition coefficient (Wildman–Crippen LogP) is 2.48. The van der Waals surface area contributed by atoms with Crippen molar-refractivity contribution in [3.05, 3.63) is 34.1 Å². The number of imide groups is 2. The minimum Gasteiger partial charge on any atom is -0.298 e. The Bertz CT molecular complexity index is 1350. The highest BCUT2D eigenvalue weighted by Gasteiger charge is 2.49. The van der Waals surface area contributed by atoms with Gasteiger partial charge in [0.25, 0.3) is 11.8 Å². The van der Waals surface area contributed by atoms with Crippen LogP contribution in [-0.2, 0) is 9.59 Å². The number of nitrogens with zero attached hydrogens (tertiary/aromatic N) is 2. The first-order valence-corrected chi connectivity index (χ1v) is 9.68. The molecule has 3 aliphatic rings. The number of carbonyl (C=O) groups excluding carboxylic acids is 4. The van der Waals surface area contributed by atoms with Crippen molar-refractivity contribution in [2.24, 2.45) is 0 Å². The first-order chi connectivity index (χ1) is 18.0. The minimum absolute atomic E-state index is 0.117. The maximum absolute atomic E-state index is 16.1. The van der Waals surface area contributed by atoms with Crippen molar-refractivity contribution in [1.82, 2.24) is 15.1 Å². The van der Waals surface area contributed by atoms with Gasteiger partial charge in [0.2, 0.25) is 11.8 Å². The maximum atomic E-state index is 16.1. The second-order valence-corrected chi connectivity index (χ2v) is 8.50. The Morgan fingerprint density at radius 1 is 0.938 bits per heavy atom. The van der Waals surface area contributed by atoms with E-state index in [2.05, 4.69) is 0 Å². The van der Waals surface area contributed by atoms with Gasteiger partial charge < -0.3 is 0 Å². The summed E-state index contributed by atoms with van der Waals surface area (Å²) in [5, 5.41) is 1.86. The van der Waals surface area contributed by atoms with Crippen LogP contribution in [0.2, 0.25) is 0 Å². The highest BCUT2D eigenvalue weighted by atomic mass is 19.2. The molecule has 0 aromatic heterocycles. The van der Waals surface area contributed by atoms with E-state index in [1.54, 1.807) is 0 Å². The molecule has 4 amide bonds. The molecule has 32 heavy (non-hydrogen) atoms. The zero-order valence-electron chi connectivity index (χ0n) is 25.2. The van der Waals surface area contributed by atoms with E-state index >= 15 is 13.2 Å². The topological polar surface area (TPSA) is 86.8 Å². The number of rotatable bonds is 2. The number of fused-ring (bicyclic) bond motifs is 1. The second kappa shape index (κ2) is 7.68. The van der Waals surface area contributed by atoms with Crippen molar-refractivity contribution in [1.29, 1.82) is 0 Å². The fraction of sp³-hybridized carbons (Fsp3) is 0.545. The van der Waals surface area contributed by atoms with Crippen molar-refractivity contribution in [2.75, 3.05) is 13.0 Å². The van der Waals surface area contributed by atoms with E-state index in [0.29, 0.717) is 0 Å². The average molecular weight is 459 g/mol. The van der Waals surface area contributed by atoms with Crippen LogP contribution < -0.4 is 5.32 Å². The van der Waals surface area contributed by atoms with Gasteiger partial charge in [0.05, 0.1) is 11.1 Å². The molecule has 3 aliphatic heterocycles. The monoisotopic (exact) mass is 459 g/mol. The van der Waals surface area contributed by atoms with Gasteiger partial charge in [0.1, 0.15) is 11.9 Å². The molecule has 0 bridgehead atoms. The summed E-state index contributed by atoms with van der Waals surface area (Å²) in [4.78, 5) is 50.3. The van der Waals surface area contributed by atoms with Gasteiger partial charge in [-0.15, -0.1) is 0 Å². The molecule has 10 heteroatoms.